The van der Waals surface area contributed by atoms with Gasteiger partial charge in [-0.3, -0.25) is 9.59 Å². The molecule has 0 bridgehead atoms. The highest BCUT2D eigenvalue weighted by Crippen LogP contribution is 2.25. The second-order valence-electron chi connectivity index (χ2n) is 8.98. The molecular formula is C28H31ClN2O2S. The van der Waals surface area contributed by atoms with E-state index in [0.29, 0.717) is 23.7 Å². The van der Waals surface area contributed by atoms with E-state index in [0.717, 1.165) is 36.1 Å². The van der Waals surface area contributed by atoms with Gasteiger partial charge in [-0.05, 0) is 61.7 Å². The van der Waals surface area contributed by atoms with Crippen LogP contribution in [-0.4, -0.2) is 34.2 Å². The van der Waals surface area contributed by atoms with Gasteiger partial charge < -0.3 is 9.80 Å². The standard InChI is InChI=1S/C28H31ClN2O2S/c1-21-12-17-26(34-21)19-30(18-22-8-4-2-5-9-22)27(32)20-31(25-10-6-3-7-11-25)28(33)23-13-15-24(29)16-14-23/h2,4-5,8-9,12-17,25H,3,6-7,10-11,18-20H2,1H3. The maximum Gasteiger partial charge on any atom is 0.254 e. The Kier molecular flexibility index (Phi) is 8.41. The Labute approximate surface area is 211 Å². The van der Waals surface area contributed by atoms with Crippen LogP contribution >= 0.6 is 22.9 Å². The summed E-state index contributed by atoms with van der Waals surface area (Å²) in [6, 6.07) is 21.3. The van der Waals surface area contributed by atoms with Crippen molar-refractivity contribution < 1.29 is 9.59 Å². The normalized spacial score (nSPS) is 14.1. The van der Waals surface area contributed by atoms with Crippen molar-refractivity contribution in [1.29, 1.82) is 0 Å². The number of rotatable bonds is 8. The van der Waals surface area contributed by atoms with E-state index in [1.165, 1.54) is 11.3 Å². The molecule has 1 heterocycles. The molecule has 0 spiro atoms. The monoisotopic (exact) mass is 494 g/mol. The average molecular weight is 495 g/mol. The number of aryl methyl sites for hydroxylation is 1. The summed E-state index contributed by atoms with van der Waals surface area (Å²) in [7, 11) is 0. The molecule has 0 saturated heterocycles. The molecule has 34 heavy (non-hydrogen) atoms. The van der Waals surface area contributed by atoms with E-state index in [-0.39, 0.29) is 24.4 Å². The smallest absolute Gasteiger partial charge is 0.254 e. The number of halogens is 1. The number of carbonyl (C=O) groups is 2. The molecule has 1 aliphatic carbocycles. The van der Waals surface area contributed by atoms with Gasteiger partial charge >= 0.3 is 0 Å². The zero-order chi connectivity index (χ0) is 23.9. The van der Waals surface area contributed by atoms with Crippen LogP contribution in [0.5, 0.6) is 0 Å². The highest BCUT2D eigenvalue weighted by Gasteiger charge is 2.30. The van der Waals surface area contributed by atoms with Gasteiger partial charge in [0.05, 0.1) is 6.54 Å². The second-order valence-corrected chi connectivity index (χ2v) is 10.8. The van der Waals surface area contributed by atoms with Crippen molar-refractivity contribution in [2.75, 3.05) is 6.54 Å². The van der Waals surface area contributed by atoms with Crippen LogP contribution in [0.4, 0.5) is 0 Å². The van der Waals surface area contributed by atoms with Crippen molar-refractivity contribution in [3.05, 3.63) is 92.6 Å². The minimum atomic E-state index is -0.0939. The van der Waals surface area contributed by atoms with Gasteiger partial charge in [0, 0.05) is 32.9 Å². The van der Waals surface area contributed by atoms with E-state index in [1.54, 1.807) is 35.6 Å². The first kappa shape index (κ1) is 24.5. The highest BCUT2D eigenvalue weighted by atomic mass is 35.5. The van der Waals surface area contributed by atoms with Crippen LogP contribution in [-0.2, 0) is 17.9 Å². The quantitative estimate of drug-likeness (QED) is 0.349. The van der Waals surface area contributed by atoms with Crippen molar-refractivity contribution in [2.45, 2.75) is 58.2 Å². The molecule has 0 radical (unpaired) electrons. The molecule has 0 aliphatic heterocycles. The molecule has 178 valence electrons. The van der Waals surface area contributed by atoms with Crippen LogP contribution in [0.1, 0.15) is 57.8 Å². The Hall–Kier alpha value is -2.63. The average Bonchev–Trinajstić information content (AvgIpc) is 3.27. The van der Waals surface area contributed by atoms with Crippen molar-refractivity contribution in [2.24, 2.45) is 0 Å². The summed E-state index contributed by atoms with van der Waals surface area (Å²) < 4.78 is 0. The molecular weight excluding hydrogens is 464 g/mol. The van der Waals surface area contributed by atoms with Crippen LogP contribution in [0.2, 0.25) is 5.02 Å². The van der Waals surface area contributed by atoms with Crippen LogP contribution in [0, 0.1) is 6.92 Å². The number of carbonyl (C=O) groups excluding carboxylic acids is 2. The Morgan fingerprint density at radius 1 is 0.912 bits per heavy atom. The first-order valence-corrected chi connectivity index (χ1v) is 13.1. The van der Waals surface area contributed by atoms with E-state index < -0.39 is 0 Å². The number of thiophene rings is 1. The van der Waals surface area contributed by atoms with Crippen molar-refractivity contribution >= 4 is 34.8 Å². The third-order valence-corrected chi connectivity index (χ3v) is 7.62. The molecule has 1 aliphatic rings. The number of nitrogens with zero attached hydrogens (tertiary/aromatic N) is 2. The third kappa shape index (κ3) is 6.49. The summed E-state index contributed by atoms with van der Waals surface area (Å²) in [4.78, 5) is 33.3. The maximum atomic E-state index is 13.7. The van der Waals surface area contributed by atoms with Crippen LogP contribution in [0.25, 0.3) is 0 Å². The number of hydrogen-bond acceptors (Lipinski definition) is 3. The van der Waals surface area contributed by atoms with Gasteiger partial charge in [0.1, 0.15) is 6.54 Å². The van der Waals surface area contributed by atoms with Gasteiger partial charge in [-0.1, -0.05) is 61.2 Å². The lowest BCUT2D eigenvalue weighted by Gasteiger charge is -2.35. The SMILES string of the molecule is Cc1ccc(CN(Cc2ccccc2)C(=O)CN(C(=O)c2ccc(Cl)cc2)C2CCCCC2)s1. The van der Waals surface area contributed by atoms with E-state index in [1.807, 2.05) is 40.1 Å². The molecule has 6 heteroatoms. The zero-order valence-corrected chi connectivity index (χ0v) is 21.2. The Morgan fingerprint density at radius 3 is 2.26 bits per heavy atom. The molecule has 0 atom stereocenters. The second kappa shape index (κ2) is 11.7. The molecule has 3 aromatic rings. The zero-order valence-electron chi connectivity index (χ0n) is 19.6. The van der Waals surface area contributed by atoms with E-state index in [2.05, 4.69) is 19.1 Å². The molecule has 1 aromatic heterocycles. The molecule has 2 amide bonds. The van der Waals surface area contributed by atoms with Crippen molar-refractivity contribution in [3.63, 3.8) is 0 Å². The lowest BCUT2D eigenvalue weighted by Crippen LogP contribution is -2.48. The van der Waals surface area contributed by atoms with E-state index in [9.17, 15) is 9.59 Å². The van der Waals surface area contributed by atoms with E-state index >= 15 is 0 Å². The number of amides is 2. The lowest BCUT2D eigenvalue weighted by molar-refractivity contribution is -0.133. The van der Waals surface area contributed by atoms with Gasteiger partial charge in [0.25, 0.3) is 5.91 Å². The molecule has 4 rings (SSSR count). The van der Waals surface area contributed by atoms with E-state index in [4.69, 9.17) is 11.6 Å². The van der Waals surface area contributed by atoms with Gasteiger partial charge in [0.15, 0.2) is 0 Å². The lowest BCUT2D eigenvalue weighted by atomic mass is 9.93. The van der Waals surface area contributed by atoms with Crippen molar-refractivity contribution in [1.82, 2.24) is 9.80 Å². The van der Waals surface area contributed by atoms with Crippen LogP contribution < -0.4 is 0 Å². The molecule has 2 aromatic carbocycles. The molecule has 1 saturated carbocycles. The first-order valence-electron chi connectivity index (χ1n) is 11.9. The fourth-order valence-electron chi connectivity index (χ4n) is 4.56. The number of hydrogen-bond donors (Lipinski definition) is 0. The van der Waals surface area contributed by atoms with Gasteiger partial charge in [-0.15, -0.1) is 11.3 Å². The van der Waals surface area contributed by atoms with Gasteiger partial charge in [-0.25, -0.2) is 0 Å². The summed E-state index contributed by atoms with van der Waals surface area (Å²) in [6.07, 6.45) is 5.24. The van der Waals surface area contributed by atoms with Crippen LogP contribution in [0.15, 0.2) is 66.7 Å². The molecule has 0 N–H and O–H groups in total. The summed E-state index contributed by atoms with van der Waals surface area (Å²) >= 11 is 7.75. The predicted molar refractivity (Wildman–Crippen MR) is 139 cm³/mol. The fourth-order valence-corrected chi connectivity index (χ4v) is 5.59. The van der Waals surface area contributed by atoms with Crippen molar-refractivity contribution in [3.8, 4) is 0 Å². The molecule has 0 unspecified atom stereocenters. The summed E-state index contributed by atoms with van der Waals surface area (Å²) in [6.45, 7) is 3.22. The number of benzene rings is 2. The first-order chi connectivity index (χ1) is 16.5. The van der Waals surface area contributed by atoms with Gasteiger partial charge in [0.2, 0.25) is 5.91 Å². The predicted octanol–water partition coefficient (Wildman–Crippen LogP) is 6.71. The molecule has 1 fully saturated rings. The topological polar surface area (TPSA) is 40.6 Å². The minimum Gasteiger partial charge on any atom is -0.332 e. The Balaban J connectivity index is 1.57. The Morgan fingerprint density at radius 2 is 1.62 bits per heavy atom. The summed E-state index contributed by atoms with van der Waals surface area (Å²) in [5.41, 5.74) is 1.66. The third-order valence-electron chi connectivity index (χ3n) is 6.38. The Bertz CT molecular complexity index is 1090. The largest absolute Gasteiger partial charge is 0.332 e. The summed E-state index contributed by atoms with van der Waals surface area (Å²) in [5, 5.41) is 0.595. The highest BCUT2D eigenvalue weighted by molar-refractivity contribution is 7.11. The molecule has 4 nitrogen and oxygen atoms in total. The fraction of sp³-hybridized carbons (Fsp3) is 0.357. The van der Waals surface area contributed by atoms with Crippen LogP contribution in [0.3, 0.4) is 0 Å². The van der Waals surface area contributed by atoms with Gasteiger partial charge in [-0.2, -0.15) is 0 Å². The minimum absolute atomic E-state index is 0.0252. The summed E-state index contributed by atoms with van der Waals surface area (Å²) in [5.74, 6) is -0.119. The maximum absolute atomic E-state index is 13.7.